The van der Waals surface area contributed by atoms with E-state index in [-0.39, 0.29) is 0 Å². The molecule has 6 nitrogen and oxygen atoms in total. The van der Waals surface area contributed by atoms with Crippen molar-refractivity contribution in [3.8, 4) is 0 Å². The van der Waals surface area contributed by atoms with Crippen LogP contribution in [0.3, 0.4) is 0 Å². The van der Waals surface area contributed by atoms with Gasteiger partial charge in [0, 0.05) is 85.3 Å². The Morgan fingerprint density at radius 1 is 0.897 bits per heavy atom. The van der Waals surface area contributed by atoms with Gasteiger partial charge in [0.15, 0.2) is 0 Å². The molecular formula is C23H42N4O2. The number of methoxy groups -OCH3 is 2. The molecule has 2 saturated heterocycles. The summed E-state index contributed by atoms with van der Waals surface area (Å²) in [6.45, 7) is 9.65. The number of likely N-dealkylation sites (N-methyl/N-ethyl adjacent to an activating group) is 2. The molecule has 29 heavy (non-hydrogen) atoms. The summed E-state index contributed by atoms with van der Waals surface area (Å²) >= 11 is 0. The van der Waals surface area contributed by atoms with E-state index in [2.05, 4.69) is 64.4 Å². The van der Waals surface area contributed by atoms with E-state index >= 15 is 0 Å². The normalized spacial score (nSPS) is 24.1. The summed E-state index contributed by atoms with van der Waals surface area (Å²) in [5.74, 6) is 0. The molecule has 0 aromatic heterocycles. The molecule has 2 heterocycles. The van der Waals surface area contributed by atoms with Crippen LogP contribution in [0.5, 0.6) is 0 Å². The van der Waals surface area contributed by atoms with E-state index in [0.717, 1.165) is 71.9 Å². The van der Waals surface area contributed by atoms with E-state index in [1.807, 2.05) is 0 Å². The predicted octanol–water partition coefficient (Wildman–Crippen LogP) is 1.77. The van der Waals surface area contributed by atoms with Crippen LogP contribution in [0.15, 0.2) is 30.3 Å². The van der Waals surface area contributed by atoms with Gasteiger partial charge in [-0.05, 0) is 32.5 Å². The second-order valence-corrected chi connectivity index (χ2v) is 8.26. The number of benzene rings is 1. The van der Waals surface area contributed by atoms with Crippen LogP contribution in [0.1, 0.15) is 18.4 Å². The summed E-state index contributed by atoms with van der Waals surface area (Å²) in [6.07, 6.45) is 2.26. The summed E-state index contributed by atoms with van der Waals surface area (Å²) in [5.41, 5.74) is 1.41. The van der Waals surface area contributed by atoms with Gasteiger partial charge in [0.1, 0.15) is 0 Å². The lowest BCUT2D eigenvalue weighted by atomic mass is 10.1. The maximum Gasteiger partial charge on any atom is 0.0477 e. The topological polar surface area (TPSA) is 40.2 Å². The molecule has 0 radical (unpaired) electrons. The van der Waals surface area contributed by atoms with Crippen molar-refractivity contribution in [2.75, 3.05) is 80.8 Å². The summed E-state index contributed by atoms with van der Waals surface area (Å²) in [5, 5.41) is 3.38. The highest BCUT2D eigenvalue weighted by molar-refractivity contribution is 5.14. The fourth-order valence-corrected chi connectivity index (χ4v) is 4.00. The first-order chi connectivity index (χ1) is 14.1. The quantitative estimate of drug-likeness (QED) is 0.710. The standard InChI is InChI=1S/C15H24N2O.C8H18N2O/c1-16-9-10-17(13-15(16)8-11-18-2)12-14-6-4-3-5-7-14;1-10-5-4-9-7-8(10)3-6-11-2/h3-7,15H,8-13H2,1-2H3;8-9H,3-7H2,1-2H3/t15-;8-/m00/s1. The van der Waals surface area contributed by atoms with Crippen LogP contribution in [0.4, 0.5) is 0 Å². The molecule has 3 rings (SSSR count). The number of ether oxygens (including phenoxy) is 2. The zero-order chi connectivity index (χ0) is 20.9. The van der Waals surface area contributed by atoms with Gasteiger partial charge in [0.25, 0.3) is 0 Å². The summed E-state index contributed by atoms with van der Waals surface area (Å²) in [7, 11) is 7.95. The Kier molecular flexibility index (Phi) is 11.8. The van der Waals surface area contributed by atoms with E-state index in [4.69, 9.17) is 9.47 Å². The van der Waals surface area contributed by atoms with E-state index < -0.39 is 0 Å². The lowest BCUT2D eigenvalue weighted by molar-refractivity contribution is 0.0666. The molecule has 6 heteroatoms. The van der Waals surface area contributed by atoms with Gasteiger partial charge in [-0.2, -0.15) is 0 Å². The Balaban J connectivity index is 0.000000234. The van der Waals surface area contributed by atoms with Crippen molar-refractivity contribution < 1.29 is 9.47 Å². The lowest BCUT2D eigenvalue weighted by Crippen LogP contribution is -2.51. The molecule has 1 aromatic rings. The second kappa shape index (κ2) is 14.1. The van der Waals surface area contributed by atoms with Crippen LogP contribution in [-0.4, -0.2) is 108 Å². The average Bonchev–Trinajstić information content (AvgIpc) is 2.75. The fraction of sp³-hybridized carbons (Fsp3) is 0.739. The molecule has 166 valence electrons. The Morgan fingerprint density at radius 3 is 2.21 bits per heavy atom. The highest BCUT2D eigenvalue weighted by Crippen LogP contribution is 2.14. The minimum atomic E-state index is 0.627. The van der Waals surface area contributed by atoms with E-state index in [1.54, 1.807) is 14.2 Å². The van der Waals surface area contributed by atoms with Crippen molar-refractivity contribution in [3.05, 3.63) is 35.9 Å². The van der Waals surface area contributed by atoms with Crippen molar-refractivity contribution in [1.29, 1.82) is 0 Å². The minimum Gasteiger partial charge on any atom is -0.385 e. The first-order valence-corrected chi connectivity index (χ1v) is 11.0. The molecule has 1 aromatic carbocycles. The molecule has 1 N–H and O–H groups in total. The molecule has 2 atom stereocenters. The monoisotopic (exact) mass is 406 g/mol. The van der Waals surface area contributed by atoms with Crippen LogP contribution in [0.25, 0.3) is 0 Å². The number of nitrogens with one attached hydrogen (secondary N) is 1. The molecule has 0 saturated carbocycles. The largest absolute Gasteiger partial charge is 0.385 e. The Hall–Kier alpha value is -1.02. The van der Waals surface area contributed by atoms with Crippen molar-refractivity contribution in [3.63, 3.8) is 0 Å². The molecule has 0 bridgehead atoms. The van der Waals surface area contributed by atoms with Gasteiger partial charge in [0.2, 0.25) is 0 Å². The molecule has 0 aliphatic carbocycles. The highest BCUT2D eigenvalue weighted by Gasteiger charge is 2.23. The van der Waals surface area contributed by atoms with Gasteiger partial charge >= 0.3 is 0 Å². The number of nitrogens with zero attached hydrogens (tertiary/aromatic N) is 3. The first kappa shape index (κ1) is 24.3. The summed E-state index contributed by atoms with van der Waals surface area (Å²) in [4.78, 5) is 7.41. The zero-order valence-electron chi connectivity index (χ0n) is 19.0. The second-order valence-electron chi connectivity index (χ2n) is 8.26. The SMILES string of the molecule is COCC[C@H]1CN(Cc2ccccc2)CCN1C.COCC[C@H]1CNCCN1C. The third kappa shape index (κ3) is 9.11. The van der Waals surface area contributed by atoms with Crippen molar-refractivity contribution in [2.45, 2.75) is 31.5 Å². The molecular weight excluding hydrogens is 364 g/mol. The summed E-state index contributed by atoms with van der Waals surface area (Å²) in [6, 6.07) is 12.0. The van der Waals surface area contributed by atoms with Gasteiger partial charge in [-0.25, -0.2) is 0 Å². The van der Waals surface area contributed by atoms with Gasteiger partial charge in [0.05, 0.1) is 0 Å². The fourth-order valence-electron chi connectivity index (χ4n) is 4.00. The molecule has 0 amide bonds. The van der Waals surface area contributed by atoms with Crippen LogP contribution >= 0.6 is 0 Å². The third-order valence-corrected chi connectivity index (χ3v) is 6.07. The minimum absolute atomic E-state index is 0.627. The average molecular weight is 407 g/mol. The molecule has 2 fully saturated rings. The zero-order valence-corrected chi connectivity index (χ0v) is 19.0. The van der Waals surface area contributed by atoms with E-state index in [9.17, 15) is 0 Å². The van der Waals surface area contributed by atoms with Gasteiger partial charge in [-0.1, -0.05) is 30.3 Å². The third-order valence-electron chi connectivity index (χ3n) is 6.07. The van der Waals surface area contributed by atoms with Crippen LogP contribution in [-0.2, 0) is 16.0 Å². The molecule has 2 aliphatic rings. The highest BCUT2D eigenvalue weighted by atomic mass is 16.5. The number of piperazine rings is 2. The maximum atomic E-state index is 5.20. The molecule has 2 aliphatic heterocycles. The number of hydrogen-bond acceptors (Lipinski definition) is 6. The first-order valence-electron chi connectivity index (χ1n) is 11.0. The van der Waals surface area contributed by atoms with Gasteiger partial charge in [-0.3, -0.25) is 4.90 Å². The molecule has 0 unspecified atom stereocenters. The van der Waals surface area contributed by atoms with Crippen molar-refractivity contribution >= 4 is 0 Å². The Morgan fingerprint density at radius 2 is 1.55 bits per heavy atom. The van der Waals surface area contributed by atoms with Crippen LogP contribution in [0.2, 0.25) is 0 Å². The van der Waals surface area contributed by atoms with Crippen molar-refractivity contribution in [1.82, 2.24) is 20.0 Å². The number of hydrogen-bond donors (Lipinski definition) is 1. The summed E-state index contributed by atoms with van der Waals surface area (Å²) < 4.78 is 10.2. The predicted molar refractivity (Wildman–Crippen MR) is 120 cm³/mol. The van der Waals surface area contributed by atoms with Crippen LogP contribution in [0, 0.1) is 0 Å². The Labute approximate surface area is 178 Å². The maximum absolute atomic E-state index is 5.20. The Bertz CT molecular complexity index is 531. The molecule has 0 spiro atoms. The lowest BCUT2D eigenvalue weighted by Gasteiger charge is -2.39. The van der Waals surface area contributed by atoms with Gasteiger partial charge in [-0.15, -0.1) is 0 Å². The van der Waals surface area contributed by atoms with E-state index in [0.29, 0.717) is 12.1 Å². The van der Waals surface area contributed by atoms with Crippen molar-refractivity contribution in [2.24, 2.45) is 0 Å². The number of rotatable bonds is 8. The van der Waals surface area contributed by atoms with Gasteiger partial charge < -0.3 is 24.6 Å². The smallest absolute Gasteiger partial charge is 0.0477 e. The van der Waals surface area contributed by atoms with E-state index in [1.165, 1.54) is 5.56 Å². The van der Waals surface area contributed by atoms with Crippen LogP contribution < -0.4 is 5.32 Å².